The Hall–Kier alpha value is -3.61. The number of carbonyl (C=O) groups excluding carboxylic acids is 1. The van der Waals surface area contributed by atoms with Gasteiger partial charge in [0.05, 0.1) is 16.7 Å². The number of hydrogen-bond donors (Lipinski definition) is 1. The summed E-state index contributed by atoms with van der Waals surface area (Å²) in [6.45, 7) is 3.56. The maximum atomic E-state index is 12.5. The fraction of sp³-hybridized carbons (Fsp3) is 0.278. The predicted molar refractivity (Wildman–Crippen MR) is 104 cm³/mol. The lowest BCUT2D eigenvalue weighted by molar-refractivity contribution is 0.0944. The third-order valence-electron chi connectivity index (χ3n) is 3.61. The summed E-state index contributed by atoms with van der Waals surface area (Å²) in [5, 5.41) is 15.4. The summed E-state index contributed by atoms with van der Waals surface area (Å²) >= 11 is 0. The van der Waals surface area contributed by atoms with E-state index in [9.17, 15) is 18.5 Å². The van der Waals surface area contributed by atoms with Gasteiger partial charge in [-0.15, -0.1) is 0 Å². The Morgan fingerprint density at radius 1 is 1.38 bits per heavy atom. The first kappa shape index (κ1) is 21.7. The fourth-order valence-corrected chi connectivity index (χ4v) is 2.92. The van der Waals surface area contributed by atoms with Gasteiger partial charge < -0.3 is 10.1 Å². The minimum absolute atomic E-state index is 0.0654. The third kappa shape index (κ3) is 5.68. The molecule has 1 aromatic carbocycles. The Morgan fingerprint density at radius 2 is 2.03 bits per heavy atom. The van der Waals surface area contributed by atoms with Gasteiger partial charge in [0.1, 0.15) is 17.3 Å². The molecule has 0 aliphatic carbocycles. The molecule has 0 fully saturated rings. The van der Waals surface area contributed by atoms with Gasteiger partial charge >= 0.3 is 0 Å². The molecule has 0 aliphatic heterocycles. The van der Waals surface area contributed by atoms with Gasteiger partial charge in [-0.3, -0.25) is 4.79 Å². The second-order valence-corrected chi connectivity index (χ2v) is 8.29. The third-order valence-corrected chi connectivity index (χ3v) is 4.74. The minimum atomic E-state index is -3.30. The van der Waals surface area contributed by atoms with E-state index in [2.05, 4.69) is 20.3 Å². The number of nitrogens with zero attached hydrogens (tertiary/aromatic N) is 5. The first-order valence-electron chi connectivity index (χ1n) is 8.39. The highest BCUT2D eigenvalue weighted by Gasteiger charge is 2.18. The van der Waals surface area contributed by atoms with Crippen LogP contribution in [0, 0.1) is 11.3 Å². The van der Waals surface area contributed by atoms with Crippen LogP contribution in [0.15, 0.2) is 40.3 Å². The van der Waals surface area contributed by atoms with Crippen molar-refractivity contribution in [3.05, 3.63) is 57.6 Å². The van der Waals surface area contributed by atoms with E-state index >= 15 is 0 Å². The molecule has 1 heterocycles. The number of rotatable bonds is 7. The molecular formula is C18H18N6O4S. The Labute approximate surface area is 167 Å². The molecule has 29 heavy (non-hydrogen) atoms. The van der Waals surface area contributed by atoms with E-state index < -0.39 is 15.7 Å². The normalized spacial score (nSPS) is 10.7. The van der Waals surface area contributed by atoms with E-state index in [0.717, 1.165) is 6.26 Å². The maximum absolute atomic E-state index is 12.5. The van der Waals surface area contributed by atoms with Crippen LogP contribution in [0.1, 0.15) is 35.5 Å². The lowest BCUT2D eigenvalue weighted by atomic mass is 10.2. The summed E-state index contributed by atoms with van der Waals surface area (Å²) in [6.07, 6.45) is 0.790. The van der Waals surface area contributed by atoms with Crippen molar-refractivity contribution in [2.45, 2.75) is 31.4 Å². The van der Waals surface area contributed by atoms with E-state index in [4.69, 9.17) is 10.3 Å². The highest BCUT2D eigenvalue weighted by molar-refractivity contribution is 7.90. The average molecular weight is 414 g/mol. The first-order valence-corrected chi connectivity index (χ1v) is 10.3. The Kier molecular flexibility index (Phi) is 6.77. The number of amides is 1. The van der Waals surface area contributed by atoms with E-state index in [1.54, 1.807) is 26.0 Å². The number of aromatic nitrogens is 1. The minimum Gasteiger partial charge on any atom is -0.474 e. The van der Waals surface area contributed by atoms with Gasteiger partial charge in [-0.25, -0.2) is 13.4 Å². The van der Waals surface area contributed by atoms with Crippen molar-refractivity contribution in [3.63, 3.8) is 0 Å². The van der Waals surface area contributed by atoms with Gasteiger partial charge in [0, 0.05) is 17.7 Å². The van der Waals surface area contributed by atoms with Crippen molar-refractivity contribution in [3.8, 4) is 11.9 Å². The van der Waals surface area contributed by atoms with Crippen molar-refractivity contribution < 1.29 is 17.9 Å². The highest BCUT2D eigenvalue weighted by atomic mass is 32.2. The molecule has 0 unspecified atom stereocenters. The number of sulfone groups is 1. The zero-order chi connectivity index (χ0) is 21.6. The fourth-order valence-electron chi connectivity index (χ4n) is 2.29. The average Bonchev–Trinajstić information content (AvgIpc) is 2.65. The molecular weight excluding hydrogens is 396 g/mol. The van der Waals surface area contributed by atoms with Crippen LogP contribution in [0.5, 0.6) is 5.88 Å². The van der Waals surface area contributed by atoms with Crippen LogP contribution in [0.25, 0.3) is 10.4 Å². The van der Waals surface area contributed by atoms with Crippen LogP contribution < -0.4 is 10.1 Å². The van der Waals surface area contributed by atoms with Crippen LogP contribution in [0.4, 0.5) is 5.69 Å². The van der Waals surface area contributed by atoms with Crippen molar-refractivity contribution >= 4 is 21.4 Å². The molecule has 0 saturated carbocycles. The molecule has 0 aliphatic rings. The molecule has 150 valence electrons. The zero-order valence-corrected chi connectivity index (χ0v) is 16.8. The van der Waals surface area contributed by atoms with Gasteiger partial charge in [0.25, 0.3) is 5.91 Å². The summed E-state index contributed by atoms with van der Waals surface area (Å²) in [5.41, 5.74) is 9.17. The monoisotopic (exact) mass is 414 g/mol. The maximum Gasteiger partial charge on any atom is 0.270 e. The van der Waals surface area contributed by atoms with Crippen LogP contribution in [-0.4, -0.2) is 31.7 Å². The van der Waals surface area contributed by atoms with E-state index in [-0.39, 0.29) is 40.4 Å². The summed E-state index contributed by atoms with van der Waals surface area (Å²) in [4.78, 5) is 19.4. The summed E-state index contributed by atoms with van der Waals surface area (Å²) in [6, 6.07) is 9.13. The second-order valence-electron chi connectivity index (χ2n) is 6.27. The molecule has 0 radical (unpaired) electrons. The molecule has 11 heteroatoms. The SMILES string of the molecule is CC(C)Oc1nc(C(=O)NCc2ccc(S(C)(=O)=O)cc2)cc(N=[N+]=[N-])c1C#N. The van der Waals surface area contributed by atoms with Gasteiger partial charge in [-0.05, 0) is 43.1 Å². The van der Waals surface area contributed by atoms with Gasteiger partial charge in [0.2, 0.25) is 5.88 Å². The van der Waals surface area contributed by atoms with Crippen molar-refractivity contribution in [2.24, 2.45) is 5.11 Å². The van der Waals surface area contributed by atoms with Crippen molar-refractivity contribution in [1.29, 1.82) is 5.26 Å². The summed E-state index contributed by atoms with van der Waals surface area (Å²) < 4.78 is 28.5. The molecule has 1 aromatic heterocycles. The number of azide groups is 1. The topological polar surface area (TPSA) is 158 Å². The van der Waals surface area contributed by atoms with Gasteiger partial charge in [0.15, 0.2) is 9.84 Å². The standard InChI is InChI=1S/C18H18N6O4S/c1-11(2)28-18-14(9-19)15(23-24-20)8-16(22-18)17(25)21-10-12-4-6-13(7-5-12)29(3,26)27/h4-8,11H,10H2,1-3H3,(H,21,25). The van der Waals surface area contributed by atoms with Gasteiger partial charge in [-0.2, -0.15) is 5.26 Å². The molecule has 1 amide bonds. The summed E-state index contributed by atoms with van der Waals surface area (Å²) in [7, 11) is -3.30. The molecule has 10 nitrogen and oxygen atoms in total. The number of nitrogens with one attached hydrogen (secondary N) is 1. The van der Waals surface area contributed by atoms with Crippen molar-refractivity contribution in [1.82, 2.24) is 10.3 Å². The number of pyridine rings is 1. The van der Waals surface area contributed by atoms with Crippen LogP contribution in [0.2, 0.25) is 0 Å². The Morgan fingerprint density at radius 3 is 2.55 bits per heavy atom. The number of ether oxygens (including phenoxy) is 1. The van der Waals surface area contributed by atoms with Gasteiger partial charge in [-0.1, -0.05) is 17.2 Å². The molecule has 0 saturated heterocycles. The van der Waals surface area contributed by atoms with E-state index in [1.807, 2.05) is 6.07 Å². The Bertz CT molecular complexity index is 1110. The summed E-state index contributed by atoms with van der Waals surface area (Å²) in [5.74, 6) is -0.681. The Balaban J connectivity index is 2.27. The quantitative estimate of drug-likeness (QED) is 0.416. The molecule has 0 bridgehead atoms. The second kappa shape index (κ2) is 9.05. The largest absolute Gasteiger partial charge is 0.474 e. The van der Waals surface area contributed by atoms with E-state index in [0.29, 0.717) is 5.56 Å². The lowest BCUT2D eigenvalue weighted by Crippen LogP contribution is -2.24. The molecule has 2 aromatic rings. The lowest BCUT2D eigenvalue weighted by Gasteiger charge is -2.13. The molecule has 2 rings (SSSR count). The van der Waals surface area contributed by atoms with Crippen LogP contribution in [0.3, 0.4) is 0 Å². The zero-order valence-electron chi connectivity index (χ0n) is 15.9. The van der Waals surface area contributed by atoms with Crippen LogP contribution in [-0.2, 0) is 16.4 Å². The smallest absolute Gasteiger partial charge is 0.270 e. The molecule has 0 atom stereocenters. The predicted octanol–water partition coefficient (Wildman–Crippen LogP) is 3.02. The van der Waals surface area contributed by atoms with E-state index in [1.165, 1.54) is 18.2 Å². The van der Waals surface area contributed by atoms with Crippen molar-refractivity contribution in [2.75, 3.05) is 6.26 Å². The molecule has 1 N–H and O–H groups in total. The number of hydrogen-bond acceptors (Lipinski definition) is 7. The number of carbonyl (C=O) groups is 1. The first-order chi connectivity index (χ1) is 13.7. The number of benzene rings is 1. The molecule has 0 spiro atoms. The number of nitriles is 1. The highest BCUT2D eigenvalue weighted by Crippen LogP contribution is 2.28. The van der Waals surface area contributed by atoms with Crippen LogP contribution >= 0.6 is 0 Å².